The molecule has 19 heavy (non-hydrogen) atoms. The smallest absolute Gasteiger partial charge is 0.238 e. The summed E-state index contributed by atoms with van der Waals surface area (Å²) in [5.74, 6) is 2.54. The van der Waals surface area contributed by atoms with Crippen LogP contribution in [0, 0.1) is 0 Å². The van der Waals surface area contributed by atoms with Crippen LogP contribution in [-0.4, -0.2) is 24.4 Å². The maximum absolute atomic E-state index is 5.64. The summed E-state index contributed by atoms with van der Waals surface area (Å²) in [5.41, 5.74) is 0.692. The first-order valence-electron chi connectivity index (χ1n) is 5.54. The lowest BCUT2D eigenvalue weighted by molar-refractivity contribution is 0.384. The van der Waals surface area contributed by atoms with Crippen molar-refractivity contribution in [1.82, 2.24) is 10.2 Å². The Morgan fingerprint density at radius 3 is 2.05 bits per heavy atom. The zero-order valence-electron chi connectivity index (χ0n) is 10.6. The number of nitrogens with zero attached hydrogens (tertiary/aromatic N) is 2. The van der Waals surface area contributed by atoms with Crippen LogP contribution in [0.5, 0.6) is 23.1 Å². The largest absolute Gasteiger partial charge is 0.496 e. The molecule has 0 aliphatic heterocycles. The molecule has 2 aromatic rings. The molecule has 0 saturated carbocycles. The lowest BCUT2D eigenvalue weighted by atomic mass is 10.3. The van der Waals surface area contributed by atoms with Crippen LogP contribution < -0.4 is 14.2 Å². The van der Waals surface area contributed by atoms with E-state index >= 15 is 0 Å². The monoisotopic (exact) mass is 280 g/mol. The number of halogens is 1. The molecule has 0 radical (unpaired) electrons. The molecule has 1 aromatic heterocycles. The van der Waals surface area contributed by atoms with Crippen LogP contribution in [0.15, 0.2) is 30.3 Å². The van der Waals surface area contributed by atoms with E-state index in [1.807, 2.05) is 0 Å². The molecule has 0 N–H and O–H groups in total. The van der Waals surface area contributed by atoms with E-state index in [1.165, 1.54) is 0 Å². The molecule has 6 heteroatoms. The summed E-state index contributed by atoms with van der Waals surface area (Å²) in [6, 6.07) is 8.69. The van der Waals surface area contributed by atoms with Gasteiger partial charge in [0.25, 0.3) is 0 Å². The van der Waals surface area contributed by atoms with Crippen molar-refractivity contribution in [2.45, 2.75) is 5.88 Å². The summed E-state index contributed by atoms with van der Waals surface area (Å²) in [6.45, 7) is 0. The van der Waals surface area contributed by atoms with Crippen LogP contribution in [0.2, 0.25) is 0 Å². The minimum absolute atomic E-state index is 0.320. The zero-order valence-corrected chi connectivity index (χ0v) is 11.3. The maximum atomic E-state index is 5.64. The molecule has 0 amide bonds. The second kappa shape index (κ2) is 6.24. The van der Waals surface area contributed by atoms with E-state index in [9.17, 15) is 0 Å². The van der Waals surface area contributed by atoms with E-state index in [2.05, 4.69) is 10.2 Å². The molecule has 0 atom stereocenters. The normalized spacial score (nSPS) is 10.1. The molecule has 100 valence electrons. The Bertz CT molecular complexity index is 524. The fourth-order valence-corrected chi connectivity index (χ4v) is 1.58. The third kappa shape index (κ3) is 3.48. The highest BCUT2D eigenvalue weighted by Crippen LogP contribution is 2.29. The van der Waals surface area contributed by atoms with Crippen molar-refractivity contribution in [3.8, 4) is 23.1 Å². The molecular weight excluding hydrogens is 268 g/mol. The number of methoxy groups -OCH3 is 2. The van der Waals surface area contributed by atoms with Gasteiger partial charge in [0.1, 0.15) is 17.2 Å². The molecular formula is C13H13ClN2O3. The van der Waals surface area contributed by atoms with Gasteiger partial charge in [0.2, 0.25) is 5.88 Å². The minimum atomic E-state index is 0.320. The number of rotatable bonds is 5. The first-order chi connectivity index (χ1) is 9.25. The van der Waals surface area contributed by atoms with Gasteiger partial charge < -0.3 is 14.2 Å². The van der Waals surface area contributed by atoms with Crippen molar-refractivity contribution < 1.29 is 14.2 Å². The average molecular weight is 281 g/mol. The summed E-state index contributed by atoms with van der Waals surface area (Å²) >= 11 is 5.64. The van der Waals surface area contributed by atoms with Crippen LogP contribution in [0.4, 0.5) is 0 Å². The van der Waals surface area contributed by atoms with Gasteiger partial charge in [0.05, 0.1) is 25.8 Å². The van der Waals surface area contributed by atoms with Gasteiger partial charge in [-0.3, -0.25) is 0 Å². The summed E-state index contributed by atoms with van der Waals surface area (Å²) in [5, 5.41) is 7.83. The van der Waals surface area contributed by atoms with Crippen molar-refractivity contribution in [1.29, 1.82) is 0 Å². The number of aromatic nitrogens is 2. The molecule has 5 nitrogen and oxygen atoms in total. The zero-order chi connectivity index (χ0) is 13.7. The van der Waals surface area contributed by atoms with Gasteiger partial charge in [0.15, 0.2) is 0 Å². The van der Waals surface area contributed by atoms with E-state index in [0.717, 1.165) is 0 Å². The molecule has 0 aliphatic rings. The number of ether oxygens (including phenoxy) is 3. The highest BCUT2D eigenvalue weighted by atomic mass is 35.5. The van der Waals surface area contributed by atoms with Crippen molar-refractivity contribution in [2.75, 3.05) is 14.2 Å². The number of benzene rings is 1. The van der Waals surface area contributed by atoms with Gasteiger partial charge in [-0.2, -0.15) is 5.10 Å². The Morgan fingerprint density at radius 1 is 0.947 bits per heavy atom. The average Bonchev–Trinajstić information content (AvgIpc) is 2.47. The van der Waals surface area contributed by atoms with Crippen molar-refractivity contribution in [3.05, 3.63) is 36.0 Å². The van der Waals surface area contributed by atoms with E-state index in [4.69, 9.17) is 25.8 Å². The Hall–Kier alpha value is -2.01. The van der Waals surface area contributed by atoms with Gasteiger partial charge in [-0.1, -0.05) is 0 Å². The topological polar surface area (TPSA) is 53.5 Å². The van der Waals surface area contributed by atoms with Crippen LogP contribution in [0.3, 0.4) is 0 Å². The number of hydrogen-bond donors (Lipinski definition) is 0. The Labute approximate surface area is 116 Å². The van der Waals surface area contributed by atoms with Gasteiger partial charge in [-0.05, 0) is 6.07 Å². The highest BCUT2D eigenvalue weighted by Gasteiger charge is 2.05. The molecule has 0 saturated heterocycles. The molecule has 0 spiro atoms. The van der Waals surface area contributed by atoms with Gasteiger partial charge in [-0.15, -0.1) is 16.7 Å². The Balaban J connectivity index is 2.21. The quantitative estimate of drug-likeness (QED) is 0.788. The number of hydrogen-bond acceptors (Lipinski definition) is 5. The molecule has 2 rings (SSSR count). The van der Waals surface area contributed by atoms with Crippen LogP contribution >= 0.6 is 11.6 Å². The Kier molecular flexibility index (Phi) is 4.41. The molecule has 1 heterocycles. The first-order valence-corrected chi connectivity index (χ1v) is 6.08. The number of alkyl halides is 1. The van der Waals surface area contributed by atoms with Gasteiger partial charge >= 0.3 is 0 Å². The van der Waals surface area contributed by atoms with Crippen molar-refractivity contribution >= 4 is 11.6 Å². The SMILES string of the molecule is COc1cc(OC)cc(Oc2ccc(CCl)nn2)c1. The van der Waals surface area contributed by atoms with Crippen LogP contribution in [-0.2, 0) is 5.88 Å². The fraction of sp³-hybridized carbons (Fsp3) is 0.231. The van der Waals surface area contributed by atoms with Gasteiger partial charge in [0, 0.05) is 24.3 Å². The minimum Gasteiger partial charge on any atom is -0.496 e. The second-order valence-corrected chi connectivity index (χ2v) is 3.91. The van der Waals surface area contributed by atoms with Crippen LogP contribution in [0.25, 0.3) is 0 Å². The second-order valence-electron chi connectivity index (χ2n) is 3.65. The predicted molar refractivity (Wildman–Crippen MR) is 71.2 cm³/mol. The lowest BCUT2D eigenvalue weighted by Gasteiger charge is -2.09. The third-order valence-electron chi connectivity index (χ3n) is 2.38. The van der Waals surface area contributed by atoms with E-state index in [0.29, 0.717) is 34.7 Å². The van der Waals surface area contributed by atoms with E-state index in [1.54, 1.807) is 44.6 Å². The molecule has 0 aliphatic carbocycles. The van der Waals surface area contributed by atoms with E-state index in [-0.39, 0.29) is 0 Å². The highest BCUT2D eigenvalue weighted by molar-refractivity contribution is 6.16. The van der Waals surface area contributed by atoms with Gasteiger partial charge in [-0.25, -0.2) is 0 Å². The third-order valence-corrected chi connectivity index (χ3v) is 2.65. The summed E-state index contributed by atoms with van der Waals surface area (Å²) in [4.78, 5) is 0. The van der Waals surface area contributed by atoms with Crippen molar-refractivity contribution in [2.24, 2.45) is 0 Å². The molecule has 1 aromatic carbocycles. The van der Waals surface area contributed by atoms with E-state index < -0.39 is 0 Å². The Morgan fingerprint density at radius 2 is 1.58 bits per heavy atom. The summed E-state index contributed by atoms with van der Waals surface area (Å²) in [6.07, 6.45) is 0. The fourth-order valence-electron chi connectivity index (χ4n) is 1.43. The maximum Gasteiger partial charge on any atom is 0.238 e. The molecule has 0 bridgehead atoms. The molecule has 0 fully saturated rings. The lowest BCUT2D eigenvalue weighted by Crippen LogP contribution is -1.94. The summed E-state index contributed by atoms with van der Waals surface area (Å²) in [7, 11) is 3.15. The standard InChI is InChI=1S/C13H13ClN2O3/c1-17-10-5-11(18-2)7-12(6-10)19-13-4-3-9(8-14)15-16-13/h3-7H,8H2,1-2H3. The molecule has 0 unspecified atom stereocenters. The first kappa shape index (κ1) is 13.4. The summed E-state index contributed by atoms with van der Waals surface area (Å²) < 4.78 is 15.9. The van der Waals surface area contributed by atoms with Crippen molar-refractivity contribution in [3.63, 3.8) is 0 Å². The van der Waals surface area contributed by atoms with Crippen LogP contribution in [0.1, 0.15) is 5.69 Å². The predicted octanol–water partition coefficient (Wildman–Crippen LogP) is 3.02.